The summed E-state index contributed by atoms with van der Waals surface area (Å²) >= 11 is 0. The minimum Gasteiger partial charge on any atom is -0.462 e. The second kappa shape index (κ2) is 6.37. The molecule has 6 nitrogen and oxygen atoms in total. The van der Waals surface area contributed by atoms with Crippen LogP contribution in [0.2, 0.25) is 0 Å². The number of aliphatic hydroxyl groups excluding tert-OH is 2. The molecule has 0 amide bonds. The van der Waals surface area contributed by atoms with Gasteiger partial charge in [0, 0.05) is 11.8 Å². The second-order valence-corrected chi connectivity index (χ2v) is 10.0. The first kappa shape index (κ1) is 19.6. The fourth-order valence-corrected chi connectivity index (χ4v) is 5.89. The number of hydrogen-bond acceptors (Lipinski definition) is 6. The first-order valence-corrected chi connectivity index (χ1v) is 10.0. The van der Waals surface area contributed by atoms with Crippen molar-refractivity contribution in [2.45, 2.75) is 57.4 Å². The molecule has 1 saturated heterocycles. The van der Waals surface area contributed by atoms with Gasteiger partial charge in [-0.2, -0.15) is 0 Å². The number of ether oxygens (including phenoxy) is 3. The summed E-state index contributed by atoms with van der Waals surface area (Å²) in [4.78, 5) is 12.9. The lowest BCUT2D eigenvalue weighted by Crippen LogP contribution is -2.68. The van der Waals surface area contributed by atoms with Gasteiger partial charge in [0.2, 0.25) is 0 Å². The van der Waals surface area contributed by atoms with Crippen molar-refractivity contribution in [1.29, 1.82) is 0 Å². The van der Waals surface area contributed by atoms with Crippen LogP contribution < -0.4 is 0 Å². The van der Waals surface area contributed by atoms with Crippen LogP contribution in [0.3, 0.4) is 0 Å². The van der Waals surface area contributed by atoms with Gasteiger partial charge in [0.05, 0.1) is 37.3 Å². The van der Waals surface area contributed by atoms with Gasteiger partial charge in [0.25, 0.3) is 0 Å². The monoisotopic (exact) mass is 386 g/mol. The van der Waals surface area contributed by atoms with Crippen LogP contribution in [0.1, 0.15) is 46.0 Å². The highest BCUT2D eigenvalue weighted by Crippen LogP contribution is 2.66. The van der Waals surface area contributed by atoms with Gasteiger partial charge in [-0.05, 0) is 51.9 Å². The Morgan fingerprint density at radius 2 is 1.67 bits per heavy atom. The summed E-state index contributed by atoms with van der Waals surface area (Å²) in [6.07, 6.45) is 3.98. The maximum Gasteiger partial charge on any atom is 0.312 e. The van der Waals surface area contributed by atoms with Gasteiger partial charge in [-0.1, -0.05) is 0 Å². The van der Waals surface area contributed by atoms with E-state index < -0.39 is 22.3 Å². The smallest absolute Gasteiger partial charge is 0.312 e. The molecular formula is C20H31FO6. The van der Waals surface area contributed by atoms with Gasteiger partial charge in [-0.3, -0.25) is 4.79 Å². The molecule has 154 valence electrons. The Bertz CT molecular complexity index is 568. The number of aliphatic hydroxyl groups is 2. The normalized spacial score (nSPS) is 38.9. The van der Waals surface area contributed by atoms with Crippen molar-refractivity contribution in [3.05, 3.63) is 0 Å². The number of hydrogen-bond donors (Lipinski definition) is 2. The van der Waals surface area contributed by atoms with Crippen molar-refractivity contribution < 1.29 is 33.6 Å². The van der Waals surface area contributed by atoms with E-state index in [-0.39, 0.29) is 50.8 Å². The molecule has 4 saturated carbocycles. The highest BCUT2D eigenvalue weighted by Gasteiger charge is 2.68. The Kier molecular flexibility index (Phi) is 4.61. The van der Waals surface area contributed by atoms with Gasteiger partial charge < -0.3 is 24.4 Å². The molecule has 1 heterocycles. The first-order chi connectivity index (χ1) is 12.7. The third-order valence-electron chi connectivity index (χ3n) is 7.19. The van der Waals surface area contributed by atoms with Gasteiger partial charge in [-0.15, -0.1) is 0 Å². The predicted octanol–water partition coefficient (Wildman–Crippen LogP) is 1.82. The fraction of sp³-hybridized carbons (Fsp3) is 0.950. The summed E-state index contributed by atoms with van der Waals surface area (Å²) < 4.78 is 31.6. The number of carbonyl (C=O) groups is 1. The number of alkyl halides is 1. The van der Waals surface area contributed by atoms with Crippen molar-refractivity contribution in [3.8, 4) is 0 Å². The third-order valence-corrected chi connectivity index (χ3v) is 7.19. The maximum absolute atomic E-state index is 13.8. The highest BCUT2D eigenvalue weighted by molar-refractivity contribution is 5.77. The van der Waals surface area contributed by atoms with Crippen LogP contribution in [0, 0.1) is 28.6 Å². The van der Waals surface area contributed by atoms with Crippen LogP contribution in [0.5, 0.6) is 0 Å². The van der Waals surface area contributed by atoms with E-state index in [4.69, 9.17) is 14.2 Å². The molecular weight excluding hydrogens is 355 g/mol. The van der Waals surface area contributed by atoms with Gasteiger partial charge in [0.15, 0.2) is 5.79 Å². The molecule has 2 N–H and O–H groups in total. The van der Waals surface area contributed by atoms with Crippen LogP contribution in [0.4, 0.5) is 4.39 Å². The summed E-state index contributed by atoms with van der Waals surface area (Å²) in [7, 11) is 0. The summed E-state index contributed by atoms with van der Waals surface area (Å²) in [5.74, 6) is -0.393. The zero-order valence-electron chi connectivity index (χ0n) is 16.2. The van der Waals surface area contributed by atoms with E-state index in [0.29, 0.717) is 18.8 Å². The summed E-state index contributed by atoms with van der Waals surface area (Å²) in [6.45, 7) is 2.73. The van der Waals surface area contributed by atoms with Crippen LogP contribution in [0.25, 0.3) is 0 Å². The van der Waals surface area contributed by atoms with E-state index in [1.807, 2.05) is 0 Å². The summed E-state index contributed by atoms with van der Waals surface area (Å²) in [6, 6.07) is 0. The average molecular weight is 386 g/mol. The molecule has 27 heavy (non-hydrogen) atoms. The summed E-state index contributed by atoms with van der Waals surface area (Å²) in [5, 5.41) is 19.2. The number of halogens is 1. The Hall–Kier alpha value is -0.760. The molecule has 4 aliphatic carbocycles. The van der Waals surface area contributed by atoms with E-state index in [2.05, 4.69) is 0 Å². The molecule has 4 bridgehead atoms. The molecule has 1 aliphatic heterocycles. The Labute approximate surface area is 159 Å². The minimum atomic E-state index is -1.54. The van der Waals surface area contributed by atoms with Gasteiger partial charge >= 0.3 is 5.97 Å². The van der Waals surface area contributed by atoms with E-state index in [0.717, 1.165) is 19.3 Å². The molecule has 0 aromatic rings. The molecule has 2 atom stereocenters. The maximum atomic E-state index is 13.8. The zero-order valence-corrected chi connectivity index (χ0v) is 16.2. The number of carbonyl (C=O) groups excluding carboxylic acids is 1. The van der Waals surface area contributed by atoms with Crippen LogP contribution >= 0.6 is 0 Å². The average Bonchev–Trinajstić information content (AvgIpc) is 2.63. The Balaban J connectivity index is 1.51. The third kappa shape index (κ3) is 3.11. The van der Waals surface area contributed by atoms with Crippen molar-refractivity contribution in [2.24, 2.45) is 28.6 Å². The minimum absolute atomic E-state index is 0.0880. The van der Waals surface area contributed by atoms with Gasteiger partial charge in [0.1, 0.15) is 12.3 Å². The standard InChI is InChI=1S/C20H31FO6/c1-17(2,21)10-25-16(24)19-5-13-3-14(6-19)20(15(4-13)7-19)26-11-18(8-22,9-23)12-27-20/h13-15,22-23H,3-12H2,1-2H3. The molecule has 7 heteroatoms. The first-order valence-electron chi connectivity index (χ1n) is 10.0. The second-order valence-electron chi connectivity index (χ2n) is 10.0. The SMILES string of the molecule is CC(C)(F)COC(=O)C12CC3CC(C1)C1(OCC(CO)(CO)CO1)C(C3)C2. The van der Waals surface area contributed by atoms with E-state index in [1.165, 1.54) is 13.8 Å². The Morgan fingerprint density at radius 1 is 1.11 bits per heavy atom. The lowest BCUT2D eigenvalue weighted by atomic mass is 9.47. The lowest BCUT2D eigenvalue weighted by molar-refractivity contribution is -0.390. The van der Waals surface area contributed by atoms with Gasteiger partial charge in [-0.25, -0.2) is 4.39 Å². The fourth-order valence-electron chi connectivity index (χ4n) is 5.89. The van der Waals surface area contributed by atoms with Crippen LogP contribution in [0.15, 0.2) is 0 Å². The van der Waals surface area contributed by atoms with Crippen LogP contribution in [-0.2, 0) is 19.0 Å². The van der Waals surface area contributed by atoms with Crippen molar-refractivity contribution >= 4 is 5.97 Å². The molecule has 5 rings (SSSR count). The Morgan fingerprint density at radius 3 is 2.15 bits per heavy atom. The van der Waals surface area contributed by atoms with Crippen molar-refractivity contribution in [1.82, 2.24) is 0 Å². The van der Waals surface area contributed by atoms with Crippen molar-refractivity contribution in [3.63, 3.8) is 0 Å². The highest BCUT2D eigenvalue weighted by atomic mass is 19.1. The molecule has 0 radical (unpaired) electrons. The quantitative estimate of drug-likeness (QED) is 0.701. The largest absolute Gasteiger partial charge is 0.462 e. The van der Waals surface area contributed by atoms with Crippen LogP contribution in [-0.4, -0.2) is 60.7 Å². The lowest BCUT2D eigenvalue weighted by Gasteiger charge is -2.64. The number of esters is 1. The topological polar surface area (TPSA) is 85.2 Å². The summed E-state index contributed by atoms with van der Waals surface area (Å²) in [5.41, 5.74) is -2.85. The number of rotatable bonds is 5. The molecule has 1 spiro atoms. The van der Waals surface area contributed by atoms with E-state index in [1.54, 1.807) is 0 Å². The zero-order chi connectivity index (χ0) is 19.5. The predicted molar refractivity (Wildman–Crippen MR) is 93.4 cm³/mol. The molecule has 5 fully saturated rings. The molecule has 5 aliphatic rings. The molecule has 0 aromatic heterocycles. The van der Waals surface area contributed by atoms with E-state index in [9.17, 15) is 19.4 Å². The van der Waals surface area contributed by atoms with Crippen molar-refractivity contribution in [2.75, 3.05) is 33.0 Å². The molecule has 0 aromatic carbocycles. The van der Waals surface area contributed by atoms with E-state index >= 15 is 0 Å². The molecule has 2 unspecified atom stereocenters.